The third-order valence-electron chi connectivity index (χ3n) is 2.89. The van der Waals surface area contributed by atoms with Crippen molar-refractivity contribution in [3.05, 3.63) is 35.9 Å². The molecule has 0 heterocycles. The molecule has 0 saturated carbocycles. The van der Waals surface area contributed by atoms with Crippen LogP contribution in [0.3, 0.4) is 0 Å². The fourth-order valence-corrected chi connectivity index (χ4v) is 1.93. The standard InChI is InChI=1S/C14H22N2O/c1-3-9-16(2)14(17)13(11-15)10-12-7-5-4-6-8-12/h4-8,13H,3,9-11,15H2,1-2H3. The average Bonchev–Trinajstić information content (AvgIpc) is 2.36. The van der Waals surface area contributed by atoms with Gasteiger partial charge in [0.05, 0.1) is 5.92 Å². The van der Waals surface area contributed by atoms with Crippen LogP contribution in [0.15, 0.2) is 30.3 Å². The number of nitrogens with zero attached hydrogens (tertiary/aromatic N) is 1. The Balaban J connectivity index is 2.62. The summed E-state index contributed by atoms with van der Waals surface area (Å²) in [7, 11) is 1.85. The Kier molecular flexibility index (Phi) is 5.70. The highest BCUT2D eigenvalue weighted by atomic mass is 16.2. The first-order chi connectivity index (χ1) is 8.19. The van der Waals surface area contributed by atoms with Gasteiger partial charge in [0.25, 0.3) is 0 Å². The molecule has 0 aliphatic heterocycles. The fraction of sp³-hybridized carbons (Fsp3) is 0.500. The Morgan fingerprint density at radius 2 is 2.00 bits per heavy atom. The van der Waals surface area contributed by atoms with E-state index in [1.807, 2.05) is 37.4 Å². The van der Waals surface area contributed by atoms with E-state index in [2.05, 4.69) is 6.92 Å². The number of carbonyl (C=O) groups excluding carboxylic acids is 1. The second-order valence-electron chi connectivity index (χ2n) is 4.38. The first-order valence-corrected chi connectivity index (χ1v) is 6.18. The summed E-state index contributed by atoms with van der Waals surface area (Å²) in [6.45, 7) is 3.27. The average molecular weight is 234 g/mol. The molecule has 0 radical (unpaired) electrons. The summed E-state index contributed by atoms with van der Waals surface area (Å²) >= 11 is 0. The summed E-state index contributed by atoms with van der Waals surface area (Å²) in [5.41, 5.74) is 6.88. The zero-order chi connectivity index (χ0) is 12.7. The number of amides is 1. The number of hydrogen-bond acceptors (Lipinski definition) is 2. The van der Waals surface area contributed by atoms with Crippen molar-refractivity contribution in [2.45, 2.75) is 19.8 Å². The normalized spacial score (nSPS) is 12.2. The van der Waals surface area contributed by atoms with Gasteiger partial charge in [-0.3, -0.25) is 4.79 Å². The van der Waals surface area contributed by atoms with Gasteiger partial charge in [0, 0.05) is 20.1 Å². The smallest absolute Gasteiger partial charge is 0.227 e. The molecular formula is C14H22N2O. The highest BCUT2D eigenvalue weighted by Crippen LogP contribution is 2.10. The molecule has 1 aromatic rings. The molecule has 0 aliphatic carbocycles. The van der Waals surface area contributed by atoms with E-state index in [1.165, 1.54) is 5.56 Å². The maximum Gasteiger partial charge on any atom is 0.227 e. The zero-order valence-electron chi connectivity index (χ0n) is 10.7. The Morgan fingerprint density at radius 3 is 2.53 bits per heavy atom. The van der Waals surface area contributed by atoms with Crippen LogP contribution in [0.5, 0.6) is 0 Å². The van der Waals surface area contributed by atoms with Gasteiger partial charge in [0.1, 0.15) is 0 Å². The maximum absolute atomic E-state index is 12.1. The van der Waals surface area contributed by atoms with Gasteiger partial charge in [-0.05, 0) is 18.4 Å². The van der Waals surface area contributed by atoms with Crippen molar-refractivity contribution in [1.82, 2.24) is 4.90 Å². The van der Waals surface area contributed by atoms with Gasteiger partial charge in [-0.15, -0.1) is 0 Å². The Labute approximate surface area is 104 Å². The van der Waals surface area contributed by atoms with Crippen LogP contribution in [-0.4, -0.2) is 30.9 Å². The van der Waals surface area contributed by atoms with Crippen LogP contribution >= 0.6 is 0 Å². The SMILES string of the molecule is CCCN(C)C(=O)C(CN)Cc1ccccc1. The number of rotatable bonds is 6. The van der Waals surface area contributed by atoms with Crippen molar-refractivity contribution >= 4 is 5.91 Å². The van der Waals surface area contributed by atoms with Crippen LogP contribution in [0.2, 0.25) is 0 Å². The van der Waals surface area contributed by atoms with Gasteiger partial charge < -0.3 is 10.6 Å². The summed E-state index contributed by atoms with van der Waals surface area (Å²) in [6, 6.07) is 10.0. The number of benzene rings is 1. The molecule has 0 bridgehead atoms. The molecule has 1 atom stereocenters. The number of nitrogens with two attached hydrogens (primary N) is 1. The zero-order valence-corrected chi connectivity index (χ0v) is 10.7. The molecular weight excluding hydrogens is 212 g/mol. The second-order valence-corrected chi connectivity index (χ2v) is 4.38. The molecule has 3 nitrogen and oxygen atoms in total. The van der Waals surface area contributed by atoms with E-state index in [0.717, 1.165) is 19.4 Å². The van der Waals surface area contributed by atoms with Crippen molar-refractivity contribution in [1.29, 1.82) is 0 Å². The molecule has 0 saturated heterocycles. The molecule has 0 spiro atoms. The van der Waals surface area contributed by atoms with Gasteiger partial charge in [-0.2, -0.15) is 0 Å². The molecule has 1 amide bonds. The highest BCUT2D eigenvalue weighted by Gasteiger charge is 2.20. The molecule has 0 aliphatic rings. The molecule has 0 fully saturated rings. The van der Waals surface area contributed by atoms with Crippen LogP contribution in [0.4, 0.5) is 0 Å². The minimum Gasteiger partial charge on any atom is -0.345 e. The van der Waals surface area contributed by atoms with Gasteiger partial charge in [-0.1, -0.05) is 37.3 Å². The van der Waals surface area contributed by atoms with Crippen LogP contribution in [0, 0.1) is 5.92 Å². The Bertz CT molecular complexity index is 337. The third-order valence-corrected chi connectivity index (χ3v) is 2.89. The quantitative estimate of drug-likeness (QED) is 0.814. The molecule has 0 aromatic heterocycles. The summed E-state index contributed by atoms with van der Waals surface area (Å²) in [5, 5.41) is 0. The first-order valence-electron chi connectivity index (χ1n) is 6.18. The van der Waals surface area contributed by atoms with E-state index in [4.69, 9.17) is 5.73 Å². The summed E-state index contributed by atoms with van der Waals surface area (Å²) < 4.78 is 0. The van der Waals surface area contributed by atoms with Gasteiger partial charge in [0.15, 0.2) is 0 Å². The molecule has 94 valence electrons. The topological polar surface area (TPSA) is 46.3 Å². The number of carbonyl (C=O) groups is 1. The molecule has 2 N–H and O–H groups in total. The van der Waals surface area contributed by atoms with Crippen molar-refractivity contribution in [2.75, 3.05) is 20.1 Å². The third kappa shape index (κ3) is 4.19. The van der Waals surface area contributed by atoms with Crippen molar-refractivity contribution in [3.8, 4) is 0 Å². The molecule has 1 aromatic carbocycles. The lowest BCUT2D eigenvalue weighted by molar-refractivity contribution is -0.133. The molecule has 17 heavy (non-hydrogen) atoms. The van der Waals surface area contributed by atoms with E-state index in [1.54, 1.807) is 4.90 Å². The highest BCUT2D eigenvalue weighted by molar-refractivity contribution is 5.79. The number of hydrogen-bond donors (Lipinski definition) is 1. The predicted octanol–water partition coefficient (Wildman–Crippen LogP) is 1.67. The fourth-order valence-electron chi connectivity index (χ4n) is 1.93. The first kappa shape index (κ1) is 13.7. The van der Waals surface area contributed by atoms with E-state index in [0.29, 0.717) is 6.54 Å². The predicted molar refractivity (Wildman–Crippen MR) is 70.6 cm³/mol. The lowest BCUT2D eigenvalue weighted by Crippen LogP contribution is -2.38. The van der Waals surface area contributed by atoms with Crippen LogP contribution in [0.1, 0.15) is 18.9 Å². The van der Waals surface area contributed by atoms with E-state index in [9.17, 15) is 4.79 Å². The summed E-state index contributed by atoms with van der Waals surface area (Å²) in [4.78, 5) is 13.9. The summed E-state index contributed by atoms with van der Waals surface area (Å²) in [5.74, 6) is 0.0483. The van der Waals surface area contributed by atoms with Crippen LogP contribution in [-0.2, 0) is 11.2 Å². The maximum atomic E-state index is 12.1. The van der Waals surface area contributed by atoms with E-state index in [-0.39, 0.29) is 11.8 Å². The molecule has 1 rings (SSSR count). The van der Waals surface area contributed by atoms with Crippen molar-refractivity contribution in [3.63, 3.8) is 0 Å². The van der Waals surface area contributed by atoms with E-state index >= 15 is 0 Å². The van der Waals surface area contributed by atoms with Crippen LogP contribution in [0.25, 0.3) is 0 Å². The summed E-state index contributed by atoms with van der Waals surface area (Å²) in [6.07, 6.45) is 1.70. The lowest BCUT2D eigenvalue weighted by Gasteiger charge is -2.22. The van der Waals surface area contributed by atoms with Crippen molar-refractivity contribution in [2.24, 2.45) is 11.7 Å². The minimum atomic E-state index is -0.103. The second kappa shape index (κ2) is 7.07. The molecule has 3 heteroatoms. The molecule has 1 unspecified atom stereocenters. The minimum absolute atomic E-state index is 0.103. The Hall–Kier alpha value is -1.35. The van der Waals surface area contributed by atoms with Crippen molar-refractivity contribution < 1.29 is 4.79 Å². The lowest BCUT2D eigenvalue weighted by atomic mass is 9.98. The van der Waals surface area contributed by atoms with E-state index < -0.39 is 0 Å². The van der Waals surface area contributed by atoms with Crippen LogP contribution < -0.4 is 5.73 Å². The largest absolute Gasteiger partial charge is 0.345 e. The van der Waals surface area contributed by atoms with Gasteiger partial charge in [-0.25, -0.2) is 0 Å². The van der Waals surface area contributed by atoms with Gasteiger partial charge in [0.2, 0.25) is 5.91 Å². The Morgan fingerprint density at radius 1 is 1.35 bits per heavy atom. The monoisotopic (exact) mass is 234 g/mol. The van der Waals surface area contributed by atoms with Gasteiger partial charge >= 0.3 is 0 Å².